The first-order valence-corrected chi connectivity index (χ1v) is 10.4. The molecule has 1 aromatic heterocycles. The van der Waals surface area contributed by atoms with Gasteiger partial charge in [0, 0.05) is 11.3 Å². The topological polar surface area (TPSA) is 114 Å². The zero-order chi connectivity index (χ0) is 22.5. The number of nitrogen functional groups attached to an aromatic ring is 1. The number of ether oxygens (including phenoxy) is 3. The molecule has 1 heterocycles. The maximum atomic E-state index is 12.6. The number of halogens is 1. The summed E-state index contributed by atoms with van der Waals surface area (Å²) in [4.78, 5) is 12.6. The smallest absolute Gasteiger partial charge is 0.237 e. The fourth-order valence-corrected chi connectivity index (χ4v) is 3.76. The maximum absolute atomic E-state index is 12.6. The van der Waals surface area contributed by atoms with E-state index in [1.54, 1.807) is 57.5 Å². The summed E-state index contributed by atoms with van der Waals surface area (Å²) in [5.74, 6) is 8.04. The maximum Gasteiger partial charge on any atom is 0.237 e. The minimum atomic E-state index is -0.495. The molecule has 0 spiro atoms. The molecule has 0 aliphatic carbocycles. The van der Waals surface area contributed by atoms with Crippen molar-refractivity contribution in [3.63, 3.8) is 0 Å². The number of nitrogens with zero attached hydrogens (tertiary/aromatic N) is 3. The number of hydrogen-bond acceptors (Lipinski definition) is 8. The molecular weight excluding hydrogens is 442 g/mol. The van der Waals surface area contributed by atoms with Crippen LogP contribution < -0.4 is 25.4 Å². The molecule has 0 aliphatic heterocycles. The Bertz CT molecular complexity index is 1090. The van der Waals surface area contributed by atoms with Gasteiger partial charge in [0.05, 0.1) is 31.6 Å². The van der Waals surface area contributed by atoms with Gasteiger partial charge in [0.25, 0.3) is 0 Å². The van der Waals surface area contributed by atoms with Crippen LogP contribution in [0.2, 0.25) is 5.02 Å². The molecule has 3 aromatic rings. The van der Waals surface area contributed by atoms with E-state index >= 15 is 0 Å². The Morgan fingerprint density at radius 2 is 1.74 bits per heavy atom. The summed E-state index contributed by atoms with van der Waals surface area (Å²) < 4.78 is 17.0. The Morgan fingerprint density at radius 1 is 1.06 bits per heavy atom. The van der Waals surface area contributed by atoms with Crippen molar-refractivity contribution in [1.29, 1.82) is 0 Å². The number of aromatic nitrogens is 3. The van der Waals surface area contributed by atoms with Gasteiger partial charge in [0.1, 0.15) is 5.75 Å². The van der Waals surface area contributed by atoms with Crippen LogP contribution in [0.3, 0.4) is 0 Å². The molecule has 1 atom stereocenters. The van der Waals surface area contributed by atoms with Gasteiger partial charge in [-0.2, -0.15) is 0 Å². The number of carbonyl (C=O) groups excluding carboxylic acids is 1. The van der Waals surface area contributed by atoms with E-state index < -0.39 is 5.25 Å². The molecule has 0 saturated heterocycles. The normalized spacial score (nSPS) is 11.6. The third kappa shape index (κ3) is 4.97. The lowest BCUT2D eigenvalue weighted by molar-refractivity contribution is -0.115. The third-order valence-corrected chi connectivity index (χ3v) is 5.73. The number of carbonyl (C=O) groups is 1. The van der Waals surface area contributed by atoms with Gasteiger partial charge in [-0.05, 0) is 43.3 Å². The van der Waals surface area contributed by atoms with Crippen LogP contribution in [0, 0.1) is 0 Å². The Balaban J connectivity index is 1.72. The molecule has 11 heteroatoms. The second-order valence-electron chi connectivity index (χ2n) is 6.34. The average molecular weight is 464 g/mol. The summed E-state index contributed by atoms with van der Waals surface area (Å²) in [6.07, 6.45) is 0. The lowest BCUT2D eigenvalue weighted by atomic mass is 10.2. The molecule has 1 unspecified atom stereocenters. The van der Waals surface area contributed by atoms with Crippen LogP contribution in [-0.2, 0) is 4.79 Å². The first kappa shape index (κ1) is 22.6. The molecule has 0 radical (unpaired) electrons. The van der Waals surface area contributed by atoms with Crippen LogP contribution >= 0.6 is 23.4 Å². The number of benzene rings is 2. The van der Waals surface area contributed by atoms with Crippen molar-refractivity contribution in [2.45, 2.75) is 17.3 Å². The molecule has 3 N–H and O–H groups in total. The third-order valence-electron chi connectivity index (χ3n) is 4.38. The highest BCUT2D eigenvalue weighted by molar-refractivity contribution is 8.00. The summed E-state index contributed by atoms with van der Waals surface area (Å²) in [5, 5.41) is 11.4. The second kappa shape index (κ2) is 9.80. The predicted molar refractivity (Wildman–Crippen MR) is 121 cm³/mol. The number of rotatable bonds is 8. The predicted octanol–water partition coefficient (Wildman–Crippen LogP) is 3.46. The van der Waals surface area contributed by atoms with Gasteiger partial charge in [-0.3, -0.25) is 4.79 Å². The molecule has 0 saturated carbocycles. The first-order chi connectivity index (χ1) is 14.9. The average Bonchev–Trinajstić information content (AvgIpc) is 3.13. The number of thioether (sulfide) groups is 1. The highest BCUT2D eigenvalue weighted by atomic mass is 35.5. The molecule has 164 valence electrons. The number of nitrogens with one attached hydrogen (secondary N) is 1. The number of amides is 1. The highest BCUT2D eigenvalue weighted by Gasteiger charge is 2.21. The van der Waals surface area contributed by atoms with E-state index in [0.717, 1.165) is 0 Å². The highest BCUT2D eigenvalue weighted by Crippen LogP contribution is 2.33. The van der Waals surface area contributed by atoms with E-state index in [-0.39, 0.29) is 5.91 Å². The van der Waals surface area contributed by atoms with Crippen molar-refractivity contribution in [2.24, 2.45) is 0 Å². The van der Waals surface area contributed by atoms with Crippen molar-refractivity contribution < 1.29 is 19.0 Å². The minimum absolute atomic E-state index is 0.234. The van der Waals surface area contributed by atoms with E-state index in [9.17, 15) is 4.79 Å². The van der Waals surface area contributed by atoms with Crippen LogP contribution in [-0.4, -0.2) is 47.4 Å². The van der Waals surface area contributed by atoms with Gasteiger partial charge in [-0.15, -0.1) is 10.2 Å². The zero-order valence-corrected chi connectivity index (χ0v) is 19.0. The molecular formula is C20H22ClN5O4S. The summed E-state index contributed by atoms with van der Waals surface area (Å²) in [7, 11) is 4.63. The molecule has 0 aliphatic rings. The van der Waals surface area contributed by atoms with Crippen molar-refractivity contribution in [3.05, 3.63) is 41.4 Å². The van der Waals surface area contributed by atoms with Gasteiger partial charge in [-0.1, -0.05) is 23.4 Å². The van der Waals surface area contributed by atoms with Gasteiger partial charge < -0.3 is 25.4 Å². The van der Waals surface area contributed by atoms with Gasteiger partial charge in [0.15, 0.2) is 17.3 Å². The molecule has 9 nitrogen and oxygen atoms in total. The number of nitrogens with two attached hydrogens (primary N) is 1. The fraction of sp³-hybridized carbons (Fsp3) is 0.250. The van der Waals surface area contributed by atoms with E-state index in [1.807, 2.05) is 0 Å². The fourth-order valence-electron chi connectivity index (χ4n) is 2.73. The number of methoxy groups -OCH3 is 3. The molecule has 0 fully saturated rings. The molecule has 1 amide bonds. The van der Waals surface area contributed by atoms with Crippen LogP contribution in [0.4, 0.5) is 5.69 Å². The second-order valence-corrected chi connectivity index (χ2v) is 8.06. The summed E-state index contributed by atoms with van der Waals surface area (Å²) in [6, 6.07) is 10.3. The lowest BCUT2D eigenvalue weighted by Crippen LogP contribution is -2.23. The molecule has 31 heavy (non-hydrogen) atoms. The quantitative estimate of drug-likeness (QED) is 0.385. The van der Waals surface area contributed by atoms with E-state index in [2.05, 4.69) is 15.5 Å². The Morgan fingerprint density at radius 3 is 2.39 bits per heavy atom. The Labute approximate surface area is 188 Å². The minimum Gasteiger partial charge on any atom is -0.495 e. The standard InChI is InChI=1S/C20H22ClN5O4S/c1-11(19(27)23-13-6-8-15(28-2)14(21)10-13)31-20-25-24-18(26(20)22)12-5-7-16(29-3)17(9-12)30-4/h5-11H,22H2,1-4H3,(H,23,27). The van der Waals surface area contributed by atoms with Crippen LogP contribution in [0.5, 0.6) is 17.2 Å². The number of anilines is 1. The molecule has 3 rings (SSSR count). The lowest BCUT2D eigenvalue weighted by Gasteiger charge is -2.13. The van der Waals surface area contributed by atoms with Crippen molar-refractivity contribution >= 4 is 35.0 Å². The van der Waals surface area contributed by atoms with E-state index in [0.29, 0.717) is 44.5 Å². The van der Waals surface area contributed by atoms with Crippen LogP contribution in [0.25, 0.3) is 11.4 Å². The summed E-state index contributed by atoms with van der Waals surface area (Å²) >= 11 is 7.29. The summed E-state index contributed by atoms with van der Waals surface area (Å²) in [5.41, 5.74) is 1.26. The van der Waals surface area contributed by atoms with Crippen molar-refractivity contribution in [3.8, 4) is 28.6 Å². The van der Waals surface area contributed by atoms with E-state index in [1.165, 1.54) is 23.5 Å². The SMILES string of the molecule is COc1ccc(NC(=O)C(C)Sc2nnc(-c3ccc(OC)c(OC)c3)n2N)cc1Cl. The van der Waals surface area contributed by atoms with Crippen LogP contribution in [0.15, 0.2) is 41.6 Å². The van der Waals surface area contributed by atoms with Gasteiger partial charge in [0.2, 0.25) is 11.1 Å². The van der Waals surface area contributed by atoms with Crippen molar-refractivity contribution in [1.82, 2.24) is 14.9 Å². The monoisotopic (exact) mass is 463 g/mol. The zero-order valence-electron chi connectivity index (χ0n) is 17.4. The summed E-state index contributed by atoms with van der Waals surface area (Å²) in [6.45, 7) is 1.75. The van der Waals surface area contributed by atoms with Gasteiger partial charge >= 0.3 is 0 Å². The van der Waals surface area contributed by atoms with Gasteiger partial charge in [-0.25, -0.2) is 4.68 Å². The first-order valence-electron chi connectivity index (χ1n) is 9.11. The molecule has 0 bridgehead atoms. The molecule has 2 aromatic carbocycles. The van der Waals surface area contributed by atoms with Crippen LogP contribution in [0.1, 0.15) is 6.92 Å². The van der Waals surface area contributed by atoms with Crippen molar-refractivity contribution in [2.75, 3.05) is 32.5 Å². The Hall–Kier alpha value is -3.11. The Kier molecular flexibility index (Phi) is 7.13. The largest absolute Gasteiger partial charge is 0.495 e. The number of hydrogen-bond donors (Lipinski definition) is 2. The van der Waals surface area contributed by atoms with E-state index in [4.69, 9.17) is 31.7 Å².